The summed E-state index contributed by atoms with van der Waals surface area (Å²) in [7, 11) is 2.17. The summed E-state index contributed by atoms with van der Waals surface area (Å²) >= 11 is 0. The molecule has 1 fully saturated rings. The van der Waals surface area contributed by atoms with Gasteiger partial charge >= 0.3 is 0 Å². The van der Waals surface area contributed by atoms with Crippen molar-refractivity contribution in [3.05, 3.63) is 0 Å². The number of rotatable bonds is 11. The molecule has 1 unspecified atom stereocenters. The highest BCUT2D eigenvalue weighted by atomic mass is 16.5. The van der Waals surface area contributed by atoms with Gasteiger partial charge in [0, 0.05) is 25.7 Å². The fraction of sp³-hybridized carbons (Fsp3) is 1.00. The Hall–Kier alpha value is -0.120. The summed E-state index contributed by atoms with van der Waals surface area (Å²) in [6.07, 6.45) is 7.87. The molecule has 0 spiro atoms. The molecule has 0 bridgehead atoms. The quantitative estimate of drug-likeness (QED) is 0.565. The first kappa shape index (κ1) is 14.9. The van der Waals surface area contributed by atoms with Crippen molar-refractivity contribution in [2.75, 3.05) is 33.4 Å². The molecule has 3 nitrogen and oxygen atoms in total. The highest BCUT2D eigenvalue weighted by Gasteiger charge is 2.21. The molecule has 0 aromatic carbocycles. The van der Waals surface area contributed by atoms with Crippen LogP contribution in [0.5, 0.6) is 0 Å². The standard InChI is InChI=1S/C14H30N2O/c1-3-4-5-6-14(11-15)16(2)9-10-17-12-13-7-8-13/h13-14H,3-12,15H2,1-2H3. The minimum absolute atomic E-state index is 0.533. The van der Waals surface area contributed by atoms with E-state index in [-0.39, 0.29) is 0 Å². The molecule has 1 atom stereocenters. The normalized spacial score (nSPS) is 17.6. The van der Waals surface area contributed by atoms with E-state index in [1.54, 1.807) is 0 Å². The lowest BCUT2D eigenvalue weighted by Gasteiger charge is -2.26. The van der Waals surface area contributed by atoms with Gasteiger partial charge < -0.3 is 10.5 Å². The number of hydrogen-bond acceptors (Lipinski definition) is 3. The lowest BCUT2D eigenvalue weighted by molar-refractivity contribution is 0.0904. The van der Waals surface area contributed by atoms with Crippen molar-refractivity contribution in [1.82, 2.24) is 4.90 Å². The van der Waals surface area contributed by atoms with Crippen molar-refractivity contribution in [2.45, 2.75) is 51.5 Å². The second-order valence-corrected chi connectivity index (χ2v) is 5.38. The second kappa shape index (κ2) is 8.90. The maximum absolute atomic E-state index is 5.84. The third-order valence-electron chi connectivity index (χ3n) is 3.68. The van der Waals surface area contributed by atoms with Crippen LogP contribution >= 0.6 is 0 Å². The number of unbranched alkanes of at least 4 members (excludes halogenated alkanes) is 2. The predicted molar refractivity (Wildman–Crippen MR) is 73.2 cm³/mol. The fourth-order valence-corrected chi connectivity index (χ4v) is 2.07. The maximum Gasteiger partial charge on any atom is 0.0593 e. The Balaban J connectivity index is 2.02. The van der Waals surface area contributed by atoms with Gasteiger partial charge in [-0.1, -0.05) is 26.2 Å². The fourth-order valence-electron chi connectivity index (χ4n) is 2.07. The summed E-state index contributed by atoms with van der Waals surface area (Å²) in [6.45, 7) is 5.85. The molecule has 0 aromatic heterocycles. The lowest BCUT2D eigenvalue weighted by Crippen LogP contribution is -2.39. The van der Waals surface area contributed by atoms with E-state index in [4.69, 9.17) is 10.5 Å². The highest BCUT2D eigenvalue weighted by Crippen LogP contribution is 2.28. The molecule has 3 heteroatoms. The minimum Gasteiger partial charge on any atom is -0.380 e. The zero-order valence-electron chi connectivity index (χ0n) is 11.7. The van der Waals surface area contributed by atoms with Crippen LogP contribution in [-0.2, 0) is 4.74 Å². The molecule has 0 heterocycles. The molecule has 0 saturated heterocycles. The zero-order valence-corrected chi connectivity index (χ0v) is 11.7. The van der Waals surface area contributed by atoms with Crippen LogP contribution in [0.2, 0.25) is 0 Å². The molecule has 1 saturated carbocycles. The van der Waals surface area contributed by atoms with Crippen molar-refractivity contribution in [3.63, 3.8) is 0 Å². The van der Waals surface area contributed by atoms with E-state index in [2.05, 4.69) is 18.9 Å². The summed E-state index contributed by atoms with van der Waals surface area (Å²) in [5.41, 5.74) is 5.84. The van der Waals surface area contributed by atoms with Crippen molar-refractivity contribution in [1.29, 1.82) is 0 Å². The molecule has 1 aliphatic rings. The van der Waals surface area contributed by atoms with Crippen LogP contribution in [0.1, 0.15) is 45.4 Å². The van der Waals surface area contributed by atoms with Crippen molar-refractivity contribution in [2.24, 2.45) is 11.7 Å². The van der Waals surface area contributed by atoms with Crippen molar-refractivity contribution >= 4 is 0 Å². The predicted octanol–water partition coefficient (Wildman–Crippen LogP) is 2.25. The smallest absolute Gasteiger partial charge is 0.0593 e. The first-order valence-corrected chi connectivity index (χ1v) is 7.26. The van der Waals surface area contributed by atoms with E-state index in [1.807, 2.05) is 0 Å². The zero-order chi connectivity index (χ0) is 12.5. The Morgan fingerprint density at radius 1 is 1.35 bits per heavy atom. The Morgan fingerprint density at radius 2 is 2.12 bits per heavy atom. The largest absolute Gasteiger partial charge is 0.380 e. The number of nitrogens with zero attached hydrogens (tertiary/aromatic N) is 1. The van der Waals surface area contributed by atoms with Crippen LogP contribution in [0, 0.1) is 5.92 Å². The van der Waals surface area contributed by atoms with Crippen LogP contribution in [-0.4, -0.2) is 44.3 Å². The molecular formula is C14H30N2O. The number of hydrogen-bond donors (Lipinski definition) is 1. The van der Waals surface area contributed by atoms with Gasteiger partial charge in [0.05, 0.1) is 6.61 Å². The summed E-state index contributed by atoms with van der Waals surface area (Å²) in [4.78, 5) is 2.36. The Morgan fingerprint density at radius 3 is 2.71 bits per heavy atom. The lowest BCUT2D eigenvalue weighted by atomic mass is 10.1. The van der Waals surface area contributed by atoms with Gasteiger partial charge in [0.15, 0.2) is 0 Å². The number of nitrogens with two attached hydrogens (primary N) is 1. The van der Waals surface area contributed by atoms with E-state index in [0.717, 1.165) is 32.2 Å². The Kier molecular flexibility index (Phi) is 7.82. The second-order valence-electron chi connectivity index (χ2n) is 5.38. The third kappa shape index (κ3) is 7.02. The topological polar surface area (TPSA) is 38.5 Å². The van der Waals surface area contributed by atoms with Crippen LogP contribution in [0.15, 0.2) is 0 Å². The minimum atomic E-state index is 0.533. The van der Waals surface area contributed by atoms with Crippen LogP contribution < -0.4 is 5.73 Å². The van der Waals surface area contributed by atoms with E-state index in [1.165, 1.54) is 38.5 Å². The van der Waals surface area contributed by atoms with Gasteiger partial charge in [0.2, 0.25) is 0 Å². The summed E-state index contributed by atoms with van der Waals surface area (Å²) in [5, 5.41) is 0. The van der Waals surface area contributed by atoms with Crippen LogP contribution in [0.4, 0.5) is 0 Å². The molecule has 2 N–H and O–H groups in total. The Bertz CT molecular complexity index is 183. The van der Waals surface area contributed by atoms with Crippen LogP contribution in [0.25, 0.3) is 0 Å². The summed E-state index contributed by atoms with van der Waals surface area (Å²) < 4.78 is 5.67. The monoisotopic (exact) mass is 242 g/mol. The van der Waals surface area contributed by atoms with Crippen molar-refractivity contribution < 1.29 is 4.74 Å². The number of ether oxygens (including phenoxy) is 1. The van der Waals surface area contributed by atoms with Crippen molar-refractivity contribution in [3.8, 4) is 0 Å². The highest BCUT2D eigenvalue weighted by molar-refractivity contribution is 4.73. The number of likely N-dealkylation sites (N-methyl/N-ethyl adjacent to an activating group) is 1. The molecular weight excluding hydrogens is 212 g/mol. The molecule has 17 heavy (non-hydrogen) atoms. The first-order valence-electron chi connectivity index (χ1n) is 7.26. The molecule has 0 aromatic rings. The van der Waals surface area contributed by atoms with Gasteiger partial charge in [-0.15, -0.1) is 0 Å². The average Bonchev–Trinajstić information content (AvgIpc) is 3.14. The van der Waals surface area contributed by atoms with Gasteiger partial charge in [-0.3, -0.25) is 4.90 Å². The average molecular weight is 242 g/mol. The summed E-state index contributed by atoms with van der Waals surface area (Å²) in [5.74, 6) is 0.871. The van der Waals surface area contributed by atoms with Gasteiger partial charge in [0.25, 0.3) is 0 Å². The van der Waals surface area contributed by atoms with Gasteiger partial charge in [-0.05, 0) is 32.2 Å². The molecule has 102 valence electrons. The van der Waals surface area contributed by atoms with E-state index in [0.29, 0.717) is 6.04 Å². The molecule has 0 aliphatic heterocycles. The van der Waals surface area contributed by atoms with Gasteiger partial charge in [-0.2, -0.15) is 0 Å². The Labute approximate surface area is 107 Å². The maximum atomic E-state index is 5.84. The SMILES string of the molecule is CCCCCC(CN)N(C)CCOCC1CC1. The summed E-state index contributed by atoms with van der Waals surface area (Å²) in [6, 6.07) is 0.533. The molecule has 0 amide bonds. The molecule has 1 rings (SSSR count). The van der Waals surface area contributed by atoms with Gasteiger partial charge in [-0.25, -0.2) is 0 Å². The third-order valence-corrected chi connectivity index (χ3v) is 3.68. The first-order chi connectivity index (χ1) is 8.27. The van der Waals surface area contributed by atoms with Crippen LogP contribution in [0.3, 0.4) is 0 Å². The van der Waals surface area contributed by atoms with E-state index >= 15 is 0 Å². The molecule has 0 radical (unpaired) electrons. The van der Waals surface area contributed by atoms with E-state index < -0.39 is 0 Å². The molecule has 1 aliphatic carbocycles. The van der Waals surface area contributed by atoms with Gasteiger partial charge in [0.1, 0.15) is 0 Å². The van der Waals surface area contributed by atoms with E-state index in [9.17, 15) is 0 Å².